The van der Waals surface area contributed by atoms with Crippen molar-refractivity contribution in [2.24, 2.45) is 5.92 Å². The molecule has 1 aromatic rings. The highest BCUT2D eigenvalue weighted by Crippen LogP contribution is 2.21. The Labute approximate surface area is 115 Å². The highest BCUT2D eigenvalue weighted by Gasteiger charge is 2.24. The van der Waals surface area contributed by atoms with Gasteiger partial charge in [-0.05, 0) is 42.9 Å². The van der Waals surface area contributed by atoms with Gasteiger partial charge in [-0.15, -0.1) is 0 Å². The van der Waals surface area contributed by atoms with Crippen molar-refractivity contribution in [3.05, 3.63) is 29.8 Å². The minimum atomic E-state index is 0.301. The summed E-state index contributed by atoms with van der Waals surface area (Å²) in [5.41, 5.74) is 7.61. The van der Waals surface area contributed by atoms with Gasteiger partial charge in [0, 0.05) is 25.2 Å². The lowest BCUT2D eigenvalue weighted by Gasteiger charge is -2.16. The smallest absolute Gasteiger partial charge is 0.222 e. The number of benzene rings is 1. The molecule has 0 spiro atoms. The van der Waals surface area contributed by atoms with Crippen LogP contribution in [-0.4, -0.2) is 23.9 Å². The molecule has 0 aromatic heterocycles. The highest BCUT2D eigenvalue weighted by molar-refractivity contribution is 5.76. The lowest BCUT2D eigenvalue weighted by molar-refractivity contribution is -0.130. The van der Waals surface area contributed by atoms with Crippen LogP contribution < -0.4 is 5.73 Å². The van der Waals surface area contributed by atoms with E-state index < -0.39 is 0 Å². The third-order valence-electron chi connectivity index (χ3n) is 3.94. The van der Waals surface area contributed by atoms with Crippen LogP contribution in [0.15, 0.2) is 24.3 Å². The Balaban J connectivity index is 1.77. The maximum Gasteiger partial charge on any atom is 0.222 e. The van der Waals surface area contributed by atoms with Gasteiger partial charge in [-0.25, -0.2) is 0 Å². The zero-order valence-corrected chi connectivity index (χ0v) is 11.8. The Morgan fingerprint density at radius 1 is 1.37 bits per heavy atom. The number of nitrogens with zero attached hydrogens (tertiary/aromatic N) is 1. The number of likely N-dealkylation sites (tertiary alicyclic amines) is 1. The molecule has 1 aromatic carbocycles. The van der Waals surface area contributed by atoms with Crippen molar-refractivity contribution in [1.29, 1.82) is 0 Å². The summed E-state index contributed by atoms with van der Waals surface area (Å²) in [6, 6.07) is 7.80. The van der Waals surface area contributed by atoms with Crippen LogP contribution in [0.3, 0.4) is 0 Å². The number of hydrogen-bond acceptors (Lipinski definition) is 2. The van der Waals surface area contributed by atoms with Gasteiger partial charge in [0.25, 0.3) is 0 Å². The summed E-state index contributed by atoms with van der Waals surface area (Å²) >= 11 is 0. The first-order valence-electron chi connectivity index (χ1n) is 7.31. The molecule has 1 aliphatic rings. The van der Waals surface area contributed by atoms with Gasteiger partial charge in [0.1, 0.15) is 0 Å². The Morgan fingerprint density at radius 2 is 2.11 bits per heavy atom. The quantitative estimate of drug-likeness (QED) is 0.827. The average molecular weight is 260 g/mol. The van der Waals surface area contributed by atoms with Crippen LogP contribution in [0.25, 0.3) is 0 Å². The van der Waals surface area contributed by atoms with E-state index in [2.05, 4.69) is 6.92 Å². The van der Waals surface area contributed by atoms with E-state index in [4.69, 9.17) is 5.73 Å². The second kappa shape index (κ2) is 6.60. The van der Waals surface area contributed by atoms with Crippen molar-refractivity contribution in [3.8, 4) is 0 Å². The minimum absolute atomic E-state index is 0.301. The molecule has 2 N–H and O–H groups in total. The lowest BCUT2D eigenvalue weighted by atomic mass is 10.0. The second-order valence-corrected chi connectivity index (χ2v) is 5.52. The molecule has 104 valence electrons. The van der Waals surface area contributed by atoms with Crippen LogP contribution in [0.2, 0.25) is 0 Å². The predicted octanol–water partition coefficient (Wildman–Crippen LogP) is 2.85. The fourth-order valence-corrected chi connectivity index (χ4v) is 2.80. The number of nitrogen functional groups attached to an aromatic ring is 1. The molecule has 0 radical (unpaired) electrons. The van der Waals surface area contributed by atoms with Gasteiger partial charge in [-0.1, -0.05) is 25.5 Å². The monoisotopic (exact) mass is 260 g/mol. The molecule has 2 rings (SSSR count). The minimum Gasteiger partial charge on any atom is -0.399 e. The van der Waals surface area contributed by atoms with Crippen molar-refractivity contribution >= 4 is 11.6 Å². The maximum atomic E-state index is 12.1. The first-order chi connectivity index (χ1) is 9.19. The van der Waals surface area contributed by atoms with Gasteiger partial charge < -0.3 is 10.6 Å². The molecule has 1 saturated heterocycles. The third-order valence-corrected chi connectivity index (χ3v) is 3.94. The Kier molecular flexibility index (Phi) is 4.83. The van der Waals surface area contributed by atoms with E-state index >= 15 is 0 Å². The number of hydrogen-bond donors (Lipinski definition) is 1. The summed E-state index contributed by atoms with van der Waals surface area (Å²) in [5.74, 6) is 1.03. The van der Waals surface area contributed by atoms with Gasteiger partial charge in [-0.3, -0.25) is 4.79 Å². The van der Waals surface area contributed by atoms with Crippen molar-refractivity contribution in [3.63, 3.8) is 0 Å². The van der Waals surface area contributed by atoms with Crippen LogP contribution >= 0.6 is 0 Å². The van der Waals surface area contributed by atoms with Crippen LogP contribution in [-0.2, 0) is 11.2 Å². The molecule has 3 heteroatoms. The average Bonchev–Trinajstić information content (AvgIpc) is 2.87. The molecule has 0 saturated carbocycles. The maximum absolute atomic E-state index is 12.1. The molecule has 0 aliphatic carbocycles. The van der Waals surface area contributed by atoms with Crippen molar-refractivity contribution in [2.45, 2.75) is 39.0 Å². The van der Waals surface area contributed by atoms with Crippen molar-refractivity contribution in [2.75, 3.05) is 18.8 Å². The molecule has 1 atom stereocenters. The topological polar surface area (TPSA) is 46.3 Å². The number of amides is 1. The summed E-state index contributed by atoms with van der Waals surface area (Å²) < 4.78 is 0. The number of carbonyl (C=O) groups is 1. The van der Waals surface area contributed by atoms with Crippen LogP contribution in [0.5, 0.6) is 0 Å². The molecule has 1 heterocycles. The molecular weight excluding hydrogens is 236 g/mol. The summed E-state index contributed by atoms with van der Waals surface area (Å²) in [6.07, 6.45) is 5.08. The van der Waals surface area contributed by atoms with E-state index in [-0.39, 0.29) is 0 Å². The molecule has 3 nitrogen and oxygen atoms in total. The Bertz CT molecular complexity index is 413. The standard InChI is InChI=1S/C16H24N2O/c1-2-3-14-10-11-18(12-14)16(19)9-6-13-4-7-15(17)8-5-13/h4-5,7-8,14H,2-3,6,9-12,17H2,1H3. The van der Waals surface area contributed by atoms with Crippen LogP contribution in [0.1, 0.15) is 38.2 Å². The normalized spacial score (nSPS) is 18.8. The zero-order chi connectivity index (χ0) is 13.7. The number of aryl methyl sites for hydroxylation is 1. The van der Waals surface area contributed by atoms with Gasteiger partial charge >= 0.3 is 0 Å². The highest BCUT2D eigenvalue weighted by atomic mass is 16.2. The van der Waals surface area contributed by atoms with E-state index in [0.29, 0.717) is 12.3 Å². The van der Waals surface area contributed by atoms with Crippen molar-refractivity contribution in [1.82, 2.24) is 4.90 Å². The van der Waals surface area contributed by atoms with Gasteiger partial charge in [0.15, 0.2) is 0 Å². The first kappa shape index (κ1) is 13.9. The van der Waals surface area contributed by atoms with E-state index in [1.807, 2.05) is 29.2 Å². The zero-order valence-electron chi connectivity index (χ0n) is 11.8. The fourth-order valence-electron chi connectivity index (χ4n) is 2.80. The van der Waals surface area contributed by atoms with Crippen molar-refractivity contribution < 1.29 is 4.79 Å². The molecular formula is C16H24N2O. The van der Waals surface area contributed by atoms with Gasteiger partial charge in [0.2, 0.25) is 5.91 Å². The Hall–Kier alpha value is -1.51. The van der Waals surface area contributed by atoms with E-state index in [9.17, 15) is 4.79 Å². The molecule has 1 aliphatic heterocycles. The molecule has 19 heavy (non-hydrogen) atoms. The van der Waals surface area contributed by atoms with Gasteiger partial charge in [0.05, 0.1) is 0 Å². The SMILES string of the molecule is CCCC1CCN(C(=O)CCc2ccc(N)cc2)C1. The van der Waals surface area contributed by atoms with Crippen LogP contribution in [0.4, 0.5) is 5.69 Å². The summed E-state index contributed by atoms with van der Waals surface area (Å²) in [6.45, 7) is 4.13. The molecule has 0 bridgehead atoms. The molecule has 1 amide bonds. The first-order valence-corrected chi connectivity index (χ1v) is 7.31. The number of carbonyl (C=O) groups excluding carboxylic acids is 1. The van der Waals surface area contributed by atoms with Crippen LogP contribution in [0, 0.1) is 5.92 Å². The van der Waals surface area contributed by atoms with E-state index in [0.717, 1.165) is 31.1 Å². The number of nitrogens with two attached hydrogens (primary N) is 1. The fraction of sp³-hybridized carbons (Fsp3) is 0.562. The number of anilines is 1. The second-order valence-electron chi connectivity index (χ2n) is 5.52. The van der Waals surface area contributed by atoms with Gasteiger partial charge in [-0.2, -0.15) is 0 Å². The van der Waals surface area contributed by atoms with E-state index in [1.54, 1.807) is 0 Å². The lowest BCUT2D eigenvalue weighted by Crippen LogP contribution is -2.28. The summed E-state index contributed by atoms with van der Waals surface area (Å²) in [7, 11) is 0. The summed E-state index contributed by atoms with van der Waals surface area (Å²) in [5, 5.41) is 0. The molecule has 1 unspecified atom stereocenters. The Morgan fingerprint density at radius 3 is 2.79 bits per heavy atom. The number of rotatable bonds is 5. The van der Waals surface area contributed by atoms with E-state index in [1.165, 1.54) is 24.8 Å². The summed E-state index contributed by atoms with van der Waals surface area (Å²) in [4.78, 5) is 14.2. The largest absolute Gasteiger partial charge is 0.399 e. The molecule has 1 fully saturated rings. The predicted molar refractivity (Wildman–Crippen MR) is 78.8 cm³/mol. The third kappa shape index (κ3) is 3.98.